The summed E-state index contributed by atoms with van der Waals surface area (Å²) >= 11 is 0. The summed E-state index contributed by atoms with van der Waals surface area (Å²) in [5, 5.41) is 3.67. The van der Waals surface area contributed by atoms with Crippen molar-refractivity contribution < 1.29 is 9.21 Å². The number of para-hydroxylation sites is 1. The van der Waals surface area contributed by atoms with Gasteiger partial charge in [-0.1, -0.05) is 12.1 Å². The number of aromatic nitrogens is 2. The number of fused-ring (bicyclic) bond motifs is 3. The van der Waals surface area contributed by atoms with E-state index in [1.807, 2.05) is 24.3 Å². The van der Waals surface area contributed by atoms with Crippen molar-refractivity contribution in [1.82, 2.24) is 20.2 Å². The molecule has 0 saturated carbocycles. The van der Waals surface area contributed by atoms with Crippen LogP contribution in [0.2, 0.25) is 0 Å². The summed E-state index contributed by atoms with van der Waals surface area (Å²) in [7, 11) is 1.66. The summed E-state index contributed by atoms with van der Waals surface area (Å²) in [5.74, 6) is 0.876. The van der Waals surface area contributed by atoms with E-state index >= 15 is 0 Å². The zero-order valence-electron chi connectivity index (χ0n) is 13.5. The summed E-state index contributed by atoms with van der Waals surface area (Å²) in [4.78, 5) is 24.7. The Morgan fingerprint density at radius 2 is 2.00 bits per heavy atom. The fourth-order valence-electron chi connectivity index (χ4n) is 3.14. The first-order valence-electron chi connectivity index (χ1n) is 8.06. The number of rotatable bonds is 3. The number of piperazine rings is 1. The molecule has 0 bridgehead atoms. The van der Waals surface area contributed by atoms with E-state index in [-0.39, 0.29) is 5.91 Å². The van der Waals surface area contributed by atoms with Gasteiger partial charge in [-0.25, -0.2) is 9.97 Å². The molecule has 1 aliphatic rings. The first-order chi connectivity index (χ1) is 11.8. The van der Waals surface area contributed by atoms with Gasteiger partial charge in [-0.15, -0.1) is 0 Å². The number of hydrogen-bond acceptors (Lipinski definition) is 6. The van der Waals surface area contributed by atoms with Gasteiger partial charge in [0, 0.05) is 38.6 Å². The van der Waals surface area contributed by atoms with Gasteiger partial charge in [0.05, 0.1) is 6.54 Å². The molecule has 1 aromatic carbocycles. The van der Waals surface area contributed by atoms with Crippen molar-refractivity contribution in [3.63, 3.8) is 0 Å². The number of anilines is 1. The van der Waals surface area contributed by atoms with Crippen molar-refractivity contribution in [2.75, 3.05) is 44.7 Å². The Morgan fingerprint density at radius 3 is 2.79 bits per heavy atom. The van der Waals surface area contributed by atoms with E-state index in [1.54, 1.807) is 13.4 Å². The molecule has 0 unspecified atom stereocenters. The number of benzene rings is 1. The van der Waals surface area contributed by atoms with Crippen molar-refractivity contribution in [3.05, 3.63) is 30.6 Å². The zero-order chi connectivity index (χ0) is 16.5. The van der Waals surface area contributed by atoms with Crippen LogP contribution in [0.4, 0.5) is 5.82 Å². The van der Waals surface area contributed by atoms with Crippen molar-refractivity contribution in [2.24, 2.45) is 0 Å². The number of nitrogens with one attached hydrogen (secondary N) is 1. The minimum absolute atomic E-state index is 0.0464. The topological polar surface area (TPSA) is 74.5 Å². The maximum atomic E-state index is 11.5. The lowest BCUT2D eigenvalue weighted by molar-refractivity contribution is -0.121. The molecule has 1 saturated heterocycles. The molecule has 7 nitrogen and oxygen atoms in total. The standard InChI is InChI=1S/C17H19N5O2/c1-18-14(23)10-21-6-8-22(9-7-21)17-16-15(19-11-20-17)12-4-2-3-5-13(12)24-16/h2-5,11H,6-10H2,1H3,(H,18,23). The molecule has 0 aliphatic carbocycles. The number of likely N-dealkylation sites (N-methyl/N-ethyl adjacent to an activating group) is 1. The number of amides is 1. The number of carbonyl (C=O) groups is 1. The monoisotopic (exact) mass is 325 g/mol. The Balaban J connectivity index is 1.60. The number of hydrogen-bond donors (Lipinski definition) is 1. The van der Waals surface area contributed by atoms with Crippen LogP contribution in [0.25, 0.3) is 22.1 Å². The SMILES string of the molecule is CNC(=O)CN1CCN(c2ncnc3c2oc2ccccc23)CC1. The summed E-state index contributed by atoms with van der Waals surface area (Å²) < 4.78 is 6.00. The van der Waals surface area contributed by atoms with E-state index in [0.29, 0.717) is 6.54 Å². The second kappa shape index (κ2) is 6.09. The molecule has 2 aromatic heterocycles. The van der Waals surface area contributed by atoms with Gasteiger partial charge in [0.2, 0.25) is 5.91 Å². The average Bonchev–Trinajstić information content (AvgIpc) is 3.01. The third-order valence-electron chi connectivity index (χ3n) is 4.46. The first-order valence-corrected chi connectivity index (χ1v) is 8.06. The van der Waals surface area contributed by atoms with Gasteiger partial charge in [0.1, 0.15) is 17.4 Å². The molecule has 0 radical (unpaired) electrons. The molecular weight excluding hydrogens is 306 g/mol. The van der Waals surface area contributed by atoms with Gasteiger partial charge in [0.15, 0.2) is 11.4 Å². The molecule has 3 heterocycles. The van der Waals surface area contributed by atoms with Gasteiger partial charge >= 0.3 is 0 Å². The number of carbonyl (C=O) groups excluding carboxylic acids is 1. The highest BCUT2D eigenvalue weighted by atomic mass is 16.3. The van der Waals surface area contributed by atoms with Crippen LogP contribution in [0.1, 0.15) is 0 Å². The maximum absolute atomic E-state index is 11.5. The van der Waals surface area contributed by atoms with Crippen molar-refractivity contribution in [1.29, 1.82) is 0 Å². The van der Waals surface area contributed by atoms with E-state index < -0.39 is 0 Å². The molecule has 124 valence electrons. The highest BCUT2D eigenvalue weighted by molar-refractivity contribution is 6.05. The van der Waals surface area contributed by atoms with Crippen LogP contribution in [0.3, 0.4) is 0 Å². The molecule has 0 spiro atoms. The molecule has 1 N–H and O–H groups in total. The Morgan fingerprint density at radius 1 is 1.21 bits per heavy atom. The van der Waals surface area contributed by atoms with Crippen LogP contribution in [-0.4, -0.2) is 60.5 Å². The van der Waals surface area contributed by atoms with Crippen molar-refractivity contribution >= 4 is 33.8 Å². The molecule has 1 amide bonds. The lowest BCUT2D eigenvalue weighted by Crippen LogP contribution is -2.49. The molecule has 0 atom stereocenters. The quantitative estimate of drug-likeness (QED) is 0.781. The second-order valence-electron chi connectivity index (χ2n) is 5.91. The van der Waals surface area contributed by atoms with Gasteiger partial charge < -0.3 is 14.6 Å². The highest BCUT2D eigenvalue weighted by Crippen LogP contribution is 2.32. The molecule has 3 aromatic rings. The first kappa shape index (κ1) is 14.9. The van der Waals surface area contributed by atoms with E-state index in [0.717, 1.165) is 54.1 Å². The lowest BCUT2D eigenvalue weighted by atomic mass is 10.2. The molecular formula is C17H19N5O2. The van der Waals surface area contributed by atoms with Crippen molar-refractivity contribution in [3.8, 4) is 0 Å². The Kier molecular flexibility index (Phi) is 3.78. The number of furan rings is 1. The van der Waals surface area contributed by atoms with Gasteiger partial charge in [-0.2, -0.15) is 0 Å². The Labute approximate surface area is 139 Å². The fraction of sp³-hybridized carbons (Fsp3) is 0.353. The molecule has 24 heavy (non-hydrogen) atoms. The minimum Gasteiger partial charge on any atom is -0.450 e. The van der Waals surface area contributed by atoms with Crippen LogP contribution >= 0.6 is 0 Å². The summed E-state index contributed by atoms with van der Waals surface area (Å²) in [6.45, 7) is 3.69. The second-order valence-corrected chi connectivity index (χ2v) is 5.91. The Bertz CT molecular complexity index is 883. The van der Waals surface area contributed by atoms with Crippen LogP contribution in [-0.2, 0) is 4.79 Å². The average molecular weight is 325 g/mol. The third-order valence-corrected chi connectivity index (χ3v) is 4.46. The molecule has 4 rings (SSSR count). The van der Waals surface area contributed by atoms with E-state index in [4.69, 9.17) is 4.42 Å². The predicted octanol–water partition coefficient (Wildman–Crippen LogP) is 1.24. The maximum Gasteiger partial charge on any atom is 0.233 e. The van der Waals surface area contributed by atoms with Crippen LogP contribution in [0, 0.1) is 0 Å². The normalized spacial score (nSPS) is 16.0. The minimum atomic E-state index is 0.0464. The lowest BCUT2D eigenvalue weighted by Gasteiger charge is -2.34. The summed E-state index contributed by atoms with van der Waals surface area (Å²) in [6, 6.07) is 7.90. The van der Waals surface area contributed by atoms with E-state index in [9.17, 15) is 4.79 Å². The molecule has 1 aliphatic heterocycles. The van der Waals surface area contributed by atoms with E-state index in [1.165, 1.54) is 0 Å². The fourth-order valence-corrected chi connectivity index (χ4v) is 3.14. The smallest absolute Gasteiger partial charge is 0.233 e. The molecule has 1 fully saturated rings. The van der Waals surface area contributed by atoms with Crippen LogP contribution in [0.15, 0.2) is 35.0 Å². The predicted molar refractivity (Wildman–Crippen MR) is 92.0 cm³/mol. The van der Waals surface area contributed by atoms with Crippen molar-refractivity contribution in [2.45, 2.75) is 0 Å². The third kappa shape index (κ3) is 2.56. The summed E-state index contributed by atoms with van der Waals surface area (Å²) in [5.41, 5.74) is 2.41. The highest BCUT2D eigenvalue weighted by Gasteiger charge is 2.23. The van der Waals surface area contributed by atoms with Gasteiger partial charge in [-0.05, 0) is 12.1 Å². The Hall–Kier alpha value is -2.67. The van der Waals surface area contributed by atoms with E-state index in [2.05, 4.69) is 25.1 Å². The zero-order valence-corrected chi connectivity index (χ0v) is 13.5. The van der Waals surface area contributed by atoms with Gasteiger partial charge in [-0.3, -0.25) is 9.69 Å². The van der Waals surface area contributed by atoms with Gasteiger partial charge in [0.25, 0.3) is 0 Å². The summed E-state index contributed by atoms with van der Waals surface area (Å²) in [6.07, 6.45) is 1.59. The number of nitrogens with zero attached hydrogens (tertiary/aromatic N) is 4. The van der Waals surface area contributed by atoms with Crippen LogP contribution in [0.5, 0.6) is 0 Å². The van der Waals surface area contributed by atoms with Crippen LogP contribution < -0.4 is 10.2 Å². The largest absolute Gasteiger partial charge is 0.450 e. The molecule has 7 heteroatoms.